The number of aryl methyl sites for hydroxylation is 2. The van der Waals surface area contributed by atoms with Gasteiger partial charge in [-0.1, -0.05) is 0 Å². The van der Waals surface area contributed by atoms with E-state index in [9.17, 15) is 4.79 Å². The second-order valence-electron chi connectivity index (χ2n) is 4.77. The quantitative estimate of drug-likeness (QED) is 0.830. The van der Waals surface area contributed by atoms with Gasteiger partial charge < -0.3 is 16.0 Å². The highest BCUT2D eigenvalue weighted by atomic mass is 16.2. The number of carbonyl (C=O) groups excluding carboxylic acids is 1. The lowest BCUT2D eigenvalue weighted by molar-refractivity contribution is -0.130. The van der Waals surface area contributed by atoms with Gasteiger partial charge in [0, 0.05) is 20.1 Å². The Bertz CT molecular complexity index is 434. The first kappa shape index (κ1) is 12.7. The molecule has 1 amide bonds. The number of rotatable bonds is 3. The highest BCUT2D eigenvalue weighted by Gasteiger charge is 2.17. The smallest absolute Gasteiger partial charge is 0.241 e. The molecule has 6 heteroatoms. The van der Waals surface area contributed by atoms with Crippen LogP contribution < -0.4 is 11.1 Å². The number of nitrogens with one attached hydrogen (secondary N) is 1. The molecular formula is C12H21N5O. The van der Waals surface area contributed by atoms with Gasteiger partial charge in [-0.3, -0.25) is 9.48 Å². The summed E-state index contributed by atoms with van der Waals surface area (Å²) in [4.78, 5) is 13.9. The number of likely N-dealkylation sites (tertiary alicyclic amines) is 1. The largest absolute Gasteiger partial charge is 0.394 e. The molecule has 0 aliphatic carbocycles. The first-order chi connectivity index (χ1) is 8.59. The maximum absolute atomic E-state index is 12.0. The van der Waals surface area contributed by atoms with Crippen LogP contribution in [0.2, 0.25) is 0 Å². The molecule has 0 unspecified atom stereocenters. The molecule has 1 aromatic rings. The van der Waals surface area contributed by atoms with Crippen molar-refractivity contribution < 1.29 is 4.79 Å². The summed E-state index contributed by atoms with van der Waals surface area (Å²) >= 11 is 0. The number of anilines is 2. The second-order valence-corrected chi connectivity index (χ2v) is 4.77. The van der Waals surface area contributed by atoms with Gasteiger partial charge in [-0.15, -0.1) is 0 Å². The monoisotopic (exact) mass is 251 g/mol. The van der Waals surface area contributed by atoms with E-state index in [1.807, 2.05) is 18.9 Å². The summed E-state index contributed by atoms with van der Waals surface area (Å²) in [7, 11) is 1.82. The number of carbonyl (C=O) groups is 1. The molecule has 0 bridgehead atoms. The van der Waals surface area contributed by atoms with Gasteiger partial charge >= 0.3 is 0 Å². The van der Waals surface area contributed by atoms with Gasteiger partial charge in [-0.2, -0.15) is 5.10 Å². The third-order valence-electron chi connectivity index (χ3n) is 3.38. The van der Waals surface area contributed by atoms with Crippen LogP contribution in [-0.2, 0) is 11.8 Å². The number of hydrogen-bond donors (Lipinski definition) is 2. The molecule has 2 heterocycles. The molecule has 3 N–H and O–H groups in total. The number of nitrogens with zero attached hydrogens (tertiary/aromatic N) is 3. The van der Waals surface area contributed by atoms with Crippen LogP contribution in [0.1, 0.15) is 25.0 Å². The molecule has 100 valence electrons. The van der Waals surface area contributed by atoms with Crippen LogP contribution in [0.15, 0.2) is 0 Å². The topological polar surface area (TPSA) is 76.2 Å². The van der Waals surface area contributed by atoms with Gasteiger partial charge in [0.2, 0.25) is 5.91 Å². The summed E-state index contributed by atoms with van der Waals surface area (Å²) in [6.07, 6.45) is 3.45. The van der Waals surface area contributed by atoms with E-state index in [0.29, 0.717) is 5.69 Å². The summed E-state index contributed by atoms with van der Waals surface area (Å²) in [6.45, 7) is 3.89. The SMILES string of the molecule is Cc1nn(C)c(NCC(=O)N2CCCCC2)c1N. The predicted octanol–water partition coefficient (Wildman–Crippen LogP) is 0.735. The highest BCUT2D eigenvalue weighted by Crippen LogP contribution is 2.20. The standard InChI is InChI=1S/C12H21N5O/c1-9-11(13)12(16(2)15-9)14-8-10(18)17-6-4-3-5-7-17/h14H,3-8,13H2,1-2H3. The van der Waals surface area contributed by atoms with Crippen LogP contribution in [-0.4, -0.2) is 40.2 Å². The molecule has 2 rings (SSSR count). The maximum Gasteiger partial charge on any atom is 0.241 e. The Hall–Kier alpha value is -1.72. The lowest BCUT2D eigenvalue weighted by Gasteiger charge is -2.26. The Kier molecular flexibility index (Phi) is 3.74. The second kappa shape index (κ2) is 5.29. The van der Waals surface area contributed by atoms with Crippen LogP contribution in [0, 0.1) is 6.92 Å². The van der Waals surface area contributed by atoms with Gasteiger partial charge in [0.15, 0.2) is 0 Å². The number of aromatic nitrogens is 2. The molecule has 0 atom stereocenters. The summed E-state index contributed by atoms with van der Waals surface area (Å²) < 4.78 is 1.67. The van der Waals surface area contributed by atoms with E-state index < -0.39 is 0 Å². The van der Waals surface area contributed by atoms with E-state index in [1.165, 1.54) is 6.42 Å². The fourth-order valence-corrected chi connectivity index (χ4v) is 2.30. The fourth-order valence-electron chi connectivity index (χ4n) is 2.30. The van der Waals surface area contributed by atoms with Gasteiger partial charge in [-0.25, -0.2) is 0 Å². The zero-order chi connectivity index (χ0) is 13.1. The van der Waals surface area contributed by atoms with E-state index >= 15 is 0 Å². The third kappa shape index (κ3) is 2.57. The molecule has 0 radical (unpaired) electrons. The van der Waals surface area contributed by atoms with Gasteiger partial charge in [-0.05, 0) is 26.2 Å². The summed E-state index contributed by atoms with van der Waals surface area (Å²) in [5.41, 5.74) is 7.29. The Morgan fingerprint density at radius 3 is 2.61 bits per heavy atom. The maximum atomic E-state index is 12.0. The Labute approximate surface area is 107 Å². The lowest BCUT2D eigenvalue weighted by atomic mass is 10.1. The molecule has 1 aliphatic heterocycles. The predicted molar refractivity (Wildman–Crippen MR) is 71.3 cm³/mol. The minimum atomic E-state index is 0.132. The number of piperidine rings is 1. The number of nitrogens with two attached hydrogens (primary N) is 1. The molecule has 6 nitrogen and oxygen atoms in total. The van der Waals surface area contributed by atoms with E-state index in [0.717, 1.165) is 37.4 Å². The zero-order valence-electron chi connectivity index (χ0n) is 11.1. The first-order valence-corrected chi connectivity index (χ1v) is 6.40. The van der Waals surface area contributed by atoms with Crippen molar-refractivity contribution in [3.63, 3.8) is 0 Å². The van der Waals surface area contributed by atoms with Crippen LogP contribution in [0.4, 0.5) is 11.5 Å². The van der Waals surface area contributed by atoms with E-state index in [-0.39, 0.29) is 12.5 Å². The molecule has 0 saturated carbocycles. The Morgan fingerprint density at radius 1 is 1.39 bits per heavy atom. The number of nitrogen functional groups attached to an aromatic ring is 1. The minimum absolute atomic E-state index is 0.132. The highest BCUT2D eigenvalue weighted by molar-refractivity contribution is 5.82. The van der Waals surface area contributed by atoms with Crippen LogP contribution in [0.5, 0.6) is 0 Å². The molecule has 1 aromatic heterocycles. The van der Waals surface area contributed by atoms with Crippen LogP contribution in [0.3, 0.4) is 0 Å². The molecule has 1 aliphatic rings. The third-order valence-corrected chi connectivity index (χ3v) is 3.38. The van der Waals surface area contributed by atoms with Crippen molar-refractivity contribution in [2.24, 2.45) is 7.05 Å². The molecule has 1 fully saturated rings. The molecule has 1 saturated heterocycles. The summed E-state index contributed by atoms with van der Waals surface area (Å²) in [5.74, 6) is 0.853. The van der Waals surface area contributed by atoms with E-state index in [4.69, 9.17) is 5.73 Å². The fraction of sp³-hybridized carbons (Fsp3) is 0.667. The van der Waals surface area contributed by atoms with Crippen molar-refractivity contribution in [2.45, 2.75) is 26.2 Å². The summed E-state index contributed by atoms with van der Waals surface area (Å²) in [6, 6.07) is 0. The van der Waals surface area contributed by atoms with Crippen LogP contribution >= 0.6 is 0 Å². The van der Waals surface area contributed by atoms with Crippen molar-refractivity contribution in [3.8, 4) is 0 Å². The van der Waals surface area contributed by atoms with Crippen molar-refractivity contribution in [1.29, 1.82) is 0 Å². The Morgan fingerprint density at radius 2 is 2.06 bits per heavy atom. The molecule has 18 heavy (non-hydrogen) atoms. The first-order valence-electron chi connectivity index (χ1n) is 6.40. The Balaban J connectivity index is 1.92. The number of hydrogen-bond acceptors (Lipinski definition) is 4. The van der Waals surface area contributed by atoms with Crippen molar-refractivity contribution >= 4 is 17.4 Å². The van der Waals surface area contributed by atoms with Crippen molar-refractivity contribution in [2.75, 3.05) is 30.7 Å². The zero-order valence-corrected chi connectivity index (χ0v) is 11.1. The van der Waals surface area contributed by atoms with Crippen molar-refractivity contribution in [1.82, 2.24) is 14.7 Å². The van der Waals surface area contributed by atoms with E-state index in [1.54, 1.807) is 4.68 Å². The normalized spacial score (nSPS) is 15.8. The van der Waals surface area contributed by atoms with Gasteiger partial charge in [0.25, 0.3) is 0 Å². The molecular weight excluding hydrogens is 230 g/mol. The van der Waals surface area contributed by atoms with Gasteiger partial charge in [0.05, 0.1) is 17.9 Å². The van der Waals surface area contributed by atoms with Gasteiger partial charge in [0.1, 0.15) is 5.82 Å². The molecule has 0 spiro atoms. The average molecular weight is 251 g/mol. The number of amides is 1. The molecule has 0 aromatic carbocycles. The minimum Gasteiger partial charge on any atom is -0.394 e. The average Bonchev–Trinajstić information content (AvgIpc) is 2.62. The lowest BCUT2D eigenvalue weighted by Crippen LogP contribution is -2.39. The van der Waals surface area contributed by atoms with Crippen molar-refractivity contribution in [3.05, 3.63) is 5.69 Å². The van der Waals surface area contributed by atoms with Crippen LogP contribution in [0.25, 0.3) is 0 Å². The van der Waals surface area contributed by atoms with E-state index in [2.05, 4.69) is 10.4 Å². The summed E-state index contributed by atoms with van der Waals surface area (Å²) in [5, 5.41) is 7.29.